The zero-order valence-corrected chi connectivity index (χ0v) is 17.6. The molecule has 0 amide bonds. The normalized spacial score (nSPS) is 23.9. The van der Waals surface area contributed by atoms with E-state index in [0.717, 1.165) is 25.9 Å². The highest BCUT2D eigenvalue weighted by Gasteiger charge is 2.53. The number of sulfonamides is 1. The number of rotatable bonds is 9. The van der Waals surface area contributed by atoms with Gasteiger partial charge in [0.2, 0.25) is 10.0 Å². The fourth-order valence-electron chi connectivity index (χ4n) is 3.79. The van der Waals surface area contributed by atoms with Crippen LogP contribution in [0.2, 0.25) is 0 Å². The highest BCUT2D eigenvalue weighted by Crippen LogP contribution is 2.48. The minimum atomic E-state index is -3.26. The summed E-state index contributed by atoms with van der Waals surface area (Å²) in [4.78, 5) is 4.29. The SMILES string of the molecule is CCOC1CC(NC(=NC)NCC(C)(C)NS(C)(=O)=O)C1(CC)CC. The molecule has 0 saturated heterocycles. The molecule has 7 nitrogen and oxygen atoms in total. The summed E-state index contributed by atoms with van der Waals surface area (Å²) in [6, 6.07) is 0.302. The van der Waals surface area contributed by atoms with E-state index >= 15 is 0 Å². The lowest BCUT2D eigenvalue weighted by Crippen LogP contribution is -2.66. The van der Waals surface area contributed by atoms with Gasteiger partial charge in [0, 0.05) is 37.2 Å². The molecule has 1 aliphatic rings. The number of hydrogen-bond acceptors (Lipinski definition) is 4. The third-order valence-electron chi connectivity index (χ3n) is 5.16. The van der Waals surface area contributed by atoms with E-state index in [1.807, 2.05) is 20.8 Å². The van der Waals surface area contributed by atoms with Crippen molar-refractivity contribution in [2.75, 3.05) is 26.5 Å². The Morgan fingerprint density at radius 2 is 1.88 bits per heavy atom. The van der Waals surface area contributed by atoms with Crippen molar-refractivity contribution in [3.63, 3.8) is 0 Å². The van der Waals surface area contributed by atoms with E-state index in [2.05, 4.69) is 34.2 Å². The molecule has 0 bridgehead atoms. The molecule has 0 aromatic heterocycles. The zero-order valence-electron chi connectivity index (χ0n) is 16.8. The summed E-state index contributed by atoms with van der Waals surface area (Å²) in [7, 11) is -1.53. The van der Waals surface area contributed by atoms with Crippen molar-refractivity contribution >= 4 is 16.0 Å². The van der Waals surface area contributed by atoms with Crippen LogP contribution in [0.15, 0.2) is 4.99 Å². The van der Waals surface area contributed by atoms with Crippen LogP contribution in [-0.2, 0) is 14.8 Å². The largest absolute Gasteiger partial charge is 0.378 e. The van der Waals surface area contributed by atoms with Crippen LogP contribution in [0.25, 0.3) is 0 Å². The lowest BCUT2D eigenvalue weighted by molar-refractivity contribution is -0.133. The van der Waals surface area contributed by atoms with E-state index in [-0.39, 0.29) is 11.5 Å². The first-order chi connectivity index (χ1) is 11.5. The first kappa shape index (κ1) is 22.2. The molecule has 1 rings (SSSR count). The lowest BCUT2D eigenvalue weighted by Gasteiger charge is -2.55. The van der Waals surface area contributed by atoms with Crippen LogP contribution < -0.4 is 15.4 Å². The van der Waals surface area contributed by atoms with Gasteiger partial charge in [-0.15, -0.1) is 0 Å². The van der Waals surface area contributed by atoms with Gasteiger partial charge in [0.1, 0.15) is 0 Å². The summed E-state index contributed by atoms with van der Waals surface area (Å²) in [5.41, 5.74) is -0.487. The quantitative estimate of drug-likeness (QED) is 0.419. The maximum atomic E-state index is 11.5. The number of aliphatic imine (C=N–C) groups is 1. The molecule has 1 saturated carbocycles. The zero-order chi connectivity index (χ0) is 19.3. The van der Waals surface area contributed by atoms with Crippen LogP contribution in [0.3, 0.4) is 0 Å². The van der Waals surface area contributed by atoms with Crippen molar-refractivity contribution in [3.8, 4) is 0 Å². The molecule has 2 atom stereocenters. The first-order valence-corrected chi connectivity index (χ1v) is 11.0. The molecule has 0 heterocycles. The maximum absolute atomic E-state index is 11.5. The molecule has 0 aliphatic heterocycles. The van der Waals surface area contributed by atoms with Crippen molar-refractivity contribution in [3.05, 3.63) is 0 Å². The third kappa shape index (κ3) is 5.82. The standard InChI is InChI=1S/C17H36N4O3S/c1-8-17(9-2)13(11-14(17)24-10-3)20-15(18-6)19-12-16(4,5)21-25(7,22)23/h13-14,21H,8-12H2,1-7H3,(H2,18,19,20). The maximum Gasteiger partial charge on any atom is 0.209 e. The lowest BCUT2D eigenvalue weighted by atomic mass is 9.58. The summed E-state index contributed by atoms with van der Waals surface area (Å²) in [6.45, 7) is 11.3. The van der Waals surface area contributed by atoms with Crippen LogP contribution in [0.4, 0.5) is 0 Å². The average Bonchev–Trinajstić information content (AvgIpc) is 2.48. The minimum absolute atomic E-state index is 0.119. The molecular formula is C17H36N4O3S. The first-order valence-electron chi connectivity index (χ1n) is 9.11. The van der Waals surface area contributed by atoms with Gasteiger partial charge in [-0.3, -0.25) is 4.99 Å². The monoisotopic (exact) mass is 376 g/mol. The molecular weight excluding hydrogens is 340 g/mol. The Hall–Kier alpha value is -0.860. The van der Waals surface area contributed by atoms with Gasteiger partial charge in [-0.05, 0) is 40.0 Å². The number of guanidine groups is 1. The van der Waals surface area contributed by atoms with E-state index in [9.17, 15) is 8.42 Å². The predicted octanol–water partition coefficient (Wildman–Crippen LogP) is 1.46. The van der Waals surface area contributed by atoms with Gasteiger partial charge in [-0.2, -0.15) is 0 Å². The molecule has 148 valence electrons. The van der Waals surface area contributed by atoms with E-state index in [1.165, 1.54) is 6.26 Å². The summed E-state index contributed by atoms with van der Waals surface area (Å²) in [5.74, 6) is 0.689. The van der Waals surface area contributed by atoms with Gasteiger partial charge in [-0.25, -0.2) is 13.1 Å². The topological polar surface area (TPSA) is 91.8 Å². The molecule has 0 aromatic carbocycles. The Morgan fingerprint density at radius 3 is 2.32 bits per heavy atom. The molecule has 3 N–H and O–H groups in total. The second-order valence-electron chi connectivity index (χ2n) is 7.50. The van der Waals surface area contributed by atoms with Crippen molar-refractivity contribution < 1.29 is 13.2 Å². The van der Waals surface area contributed by atoms with Crippen LogP contribution in [0.5, 0.6) is 0 Å². The summed E-state index contributed by atoms with van der Waals surface area (Å²) in [5, 5.41) is 6.74. The molecule has 2 unspecified atom stereocenters. The van der Waals surface area contributed by atoms with Crippen molar-refractivity contribution in [1.29, 1.82) is 0 Å². The highest BCUT2D eigenvalue weighted by molar-refractivity contribution is 7.88. The Kier molecular flexibility index (Phi) is 7.71. The average molecular weight is 377 g/mol. The van der Waals surface area contributed by atoms with Crippen molar-refractivity contribution in [2.45, 2.75) is 71.6 Å². The minimum Gasteiger partial charge on any atom is -0.378 e. The van der Waals surface area contributed by atoms with Crippen molar-refractivity contribution in [2.24, 2.45) is 10.4 Å². The molecule has 1 aliphatic carbocycles. The van der Waals surface area contributed by atoms with Crippen LogP contribution >= 0.6 is 0 Å². The number of ether oxygens (including phenoxy) is 1. The molecule has 0 spiro atoms. The molecule has 1 fully saturated rings. The fraction of sp³-hybridized carbons (Fsp3) is 0.941. The highest BCUT2D eigenvalue weighted by atomic mass is 32.2. The second-order valence-corrected chi connectivity index (χ2v) is 9.25. The van der Waals surface area contributed by atoms with Gasteiger partial charge in [0.15, 0.2) is 5.96 Å². The van der Waals surface area contributed by atoms with Gasteiger partial charge >= 0.3 is 0 Å². The van der Waals surface area contributed by atoms with Gasteiger partial charge in [0.05, 0.1) is 12.4 Å². The van der Waals surface area contributed by atoms with Crippen LogP contribution in [-0.4, -0.2) is 58.5 Å². The third-order valence-corrected chi connectivity index (χ3v) is 6.09. The van der Waals surface area contributed by atoms with E-state index in [0.29, 0.717) is 18.5 Å². The van der Waals surface area contributed by atoms with Gasteiger partial charge in [0.25, 0.3) is 0 Å². The fourth-order valence-corrected chi connectivity index (χ4v) is 4.86. The molecule has 0 radical (unpaired) electrons. The Labute approximate surface area is 153 Å². The Morgan fingerprint density at radius 1 is 1.28 bits per heavy atom. The summed E-state index contributed by atoms with van der Waals surface area (Å²) < 4.78 is 31.5. The van der Waals surface area contributed by atoms with Crippen molar-refractivity contribution in [1.82, 2.24) is 15.4 Å². The molecule has 8 heteroatoms. The predicted molar refractivity (Wildman–Crippen MR) is 103 cm³/mol. The van der Waals surface area contributed by atoms with E-state index < -0.39 is 15.6 Å². The number of nitrogens with zero attached hydrogens (tertiary/aromatic N) is 1. The smallest absolute Gasteiger partial charge is 0.209 e. The number of nitrogens with one attached hydrogen (secondary N) is 3. The summed E-state index contributed by atoms with van der Waals surface area (Å²) in [6.07, 6.45) is 4.50. The van der Waals surface area contributed by atoms with Gasteiger partial charge in [-0.1, -0.05) is 13.8 Å². The Bertz CT molecular complexity index is 556. The van der Waals surface area contributed by atoms with E-state index in [1.54, 1.807) is 7.05 Å². The number of hydrogen-bond donors (Lipinski definition) is 3. The summed E-state index contributed by atoms with van der Waals surface area (Å²) >= 11 is 0. The van der Waals surface area contributed by atoms with E-state index in [4.69, 9.17) is 4.74 Å². The molecule has 25 heavy (non-hydrogen) atoms. The van der Waals surface area contributed by atoms with Crippen LogP contribution in [0.1, 0.15) is 53.9 Å². The molecule has 0 aromatic rings. The second kappa shape index (κ2) is 8.68. The Balaban J connectivity index is 2.68. The van der Waals surface area contributed by atoms with Gasteiger partial charge < -0.3 is 15.4 Å². The van der Waals surface area contributed by atoms with Crippen LogP contribution in [0, 0.1) is 5.41 Å².